The summed E-state index contributed by atoms with van der Waals surface area (Å²) in [5.41, 5.74) is 2.02. The van der Waals surface area contributed by atoms with E-state index in [0.717, 1.165) is 30.5 Å². The van der Waals surface area contributed by atoms with Gasteiger partial charge in [0.1, 0.15) is 0 Å². The Morgan fingerprint density at radius 3 is 2.88 bits per heavy atom. The van der Waals surface area contributed by atoms with Crippen molar-refractivity contribution in [1.82, 2.24) is 24.3 Å². The van der Waals surface area contributed by atoms with E-state index in [-0.39, 0.29) is 17.0 Å². The van der Waals surface area contributed by atoms with E-state index in [2.05, 4.69) is 15.3 Å². The van der Waals surface area contributed by atoms with Crippen molar-refractivity contribution in [3.8, 4) is 0 Å². The maximum Gasteiger partial charge on any atom is 0.262 e. The van der Waals surface area contributed by atoms with E-state index >= 15 is 0 Å². The summed E-state index contributed by atoms with van der Waals surface area (Å²) in [5, 5.41) is 7.63. The van der Waals surface area contributed by atoms with E-state index in [1.807, 2.05) is 26.0 Å². The molecule has 0 amide bonds. The van der Waals surface area contributed by atoms with Gasteiger partial charge in [0.15, 0.2) is 5.03 Å². The van der Waals surface area contributed by atoms with Crippen LogP contribution in [-0.2, 0) is 23.5 Å². The summed E-state index contributed by atoms with van der Waals surface area (Å²) in [6.07, 6.45) is 5.73. The van der Waals surface area contributed by atoms with Crippen LogP contribution in [0.25, 0.3) is 0 Å². The normalized spacial score (nSPS) is 18.1. The predicted octanol–water partition coefficient (Wildman–Crippen LogP) is 1.93. The second kappa shape index (κ2) is 6.60. The van der Waals surface area contributed by atoms with Crippen molar-refractivity contribution in [3.63, 3.8) is 0 Å². The molecule has 1 aliphatic carbocycles. The molecule has 0 N–H and O–H groups in total. The molecule has 0 aromatic carbocycles. The molecule has 7 nitrogen and oxygen atoms in total. The minimum absolute atomic E-state index is 0.117. The summed E-state index contributed by atoms with van der Waals surface area (Å²) in [6.45, 7) is 4.48. The van der Waals surface area contributed by atoms with Crippen LogP contribution in [0.1, 0.15) is 44.0 Å². The number of fused-ring (bicyclic) bond motifs is 1. The van der Waals surface area contributed by atoms with E-state index in [1.165, 1.54) is 10.9 Å². The summed E-state index contributed by atoms with van der Waals surface area (Å²) < 4.78 is 29.4. The minimum Gasteiger partial charge on any atom is -0.259 e. The molecular formula is C16H23N5O2S. The second-order valence-electron chi connectivity index (χ2n) is 6.62. The average Bonchev–Trinajstić information content (AvgIpc) is 2.99. The van der Waals surface area contributed by atoms with Crippen LogP contribution in [0.2, 0.25) is 0 Å². The van der Waals surface area contributed by atoms with Gasteiger partial charge in [-0.05, 0) is 36.8 Å². The Morgan fingerprint density at radius 1 is 1.42 bits per heavy atom. The van der Waals surface area contributed by atoms with Crippen LogP contribution in [0.15, 0.2) is 29.6 Å². The molecule has 2 heterocycles. The van der Waals surface area contributed by atoms with E-state index in [4.69, 9.17) is 0 Å². The largest absolute Gasteiger partial charge is 0.262 e. The lowest BCUT2D eigenvalue weighted by Gasteiger charge is -2.34. The van der Waals surface area contributed by atoms with Gasteiger partial charge in [-0.2, -0.15) is 4.31 Å². The lowest BCUT2D eigenvalue weighted by Crippen LogP contribution is -2.40. The number of sulfonamides is 1. The molecule has 2 aromatic heterocycles. The maximum absolute atomic E-state index is 13.3. The van der Waals surface area contributed by atoms with Gasteiger partial charge >= 0.3 is 0 Å². The zero-order valence-corrected chi connectivity index (χ0v) is 15.1. The van der Waals surface area contributed by atoms with Crippen LogP contribution in [0.5, 0.6) is 0 Å². The van der Waals surface area contributed by atoms with Crippen LogP contribution >= 0.6 is 0 Å². The Labute approximate surface area is 142 Å². The van der Waals surface area contributed by atoms with E-state index in [0.29, 0.717) is 6.54 Å². The lowest BCUT2D eigenvalue weighted by molar-refractivity contribution is 0.262. The fourth-order valence-corrected chi connectivity index (χ4v) is 5.08. The van der Waals surface area contributed by atoms with Crippen molar-refractivity contribution in [1.29, 1.82) is 0 Å². The standard InChI is InChI=1S/C16H23N5O2S/c1-12(2)11-21(24(22,23)15-10-18-19-20(15)3)14-8-4-6-13-7-5-9-17-16(13)14/h5,7,9-10,12,14H,4,6,8,11H2,1-3H3. The van der Waals surface area contributed by atoms with Crippen molar-refractivity contribution < 1.29 is 8.42 Å². The molecule has 0 bridgehead atoms. The quantitative estimate of drug-likeness (QED) is 0.824. The summed E-state index contributed by atoms with van der Waals surface area (Å²) >= 11 is 0. The lowest BCUT2D eigenvalue weighted by atomic mass is 9.91. The van der Waals surface area contributed by atoms with Crippen molar-refractivity contribution in [2.75, 3.05) is 6.54 Å². The molecule has 0 fully saturated rings. The van der Waals surface area contributed by atoms with Crippen LogP contribution < -0.4 is 0 Å². The van der Waals surface area contributed by atoms with Gasteiger partial charge in [0.25, 0.3) is 10.0 Å². The van der Waals surface area contributed by atoms with Gasteiger partial charge in [0.2, 0.25) is 0 Å². The van der Waals surface area contributed by atoms with Crippen LogP contribution in [0.4, 0.5) is 0 Å². The Bertz CT molecular complexity index is 815. The maximum atomic E-state index is 13.3. The molecule has 24 heavy (non-hydrogen) atoms. The summed E-state index contributed by atoms with van der Waals surface area (Å²) in [7, 11) is -2.10. The highest BCUT2D eigenvalue weighted by atomic mass is 32.2. The third-order valence-corrected chi connectivity index (χ3v) is 6.22. The molecule has 0 aliphatic heterocycles. The number of rotatable bonds is 5. The van der Waals surface area contributed by atoms with Gasteiger partial charge in [-0.3, -0.25) is 4.98 Å². The monoisotopic (exact) mass is 349 g/mol. The van der Waals surface area contributed by atoms with E-state index in [9.17, 15) is 8.42 Å². The molecule has 1 atom stereocenters. The third kappa shape index (κ3) is 3.08. The number of pyridine rings is 1. The molecule has 0 saturated heterocycles. The molecule has 1 unspecified atom stereocenters. The van der Waals surface area contributed by atoms with E-state index in [1.54, 1.807) is 17.5 Å². The smallest absolute Gasteiger partial charge is 0.259 e. The highest BCUT2D eigenvalue weighted by molar-refractivity contribution is 7.89. The molecule has 0 saturated carbocycles. The Hall–Kier alpha value is -1.80. The third-order valence-electron chi connectivity index (χ3n) is 4.30. The highest BCUT2D eigenvalue weighted by Gasteiger charge is 2.37. The van der Waals surface area contributed by atoms with Gasteiger partial charge in [-0.25, -0.2) is 13.1 Å². The topological polar surface area (TPSA) is 81.0 Å². The van der Waals surface area contributed by atoms with Gasteiger partial charge < -0.3 is 0 Å². The average molecular weight is 349 g/mol. The number of hydrogen-bond donors (Lipinski definition) is 0. The minimum atomic E-state index is -3.69. The first kappa shape index (κ1) is 17.0. The van der Waals surface area contributed by atoms with Gasteiger partial charge in [-0.1, -0.05) is 25.1 Å². The Kier molecular flexibility index (Phi) is 4.69. The summed E-state index contributed by atoms with van der Waals surface area (Å²) in [6, 6.07) is 3.71. The fraction of sp³-hybridized carbons (Fsp3) is 0.562. The van der Waals surface area contributed by atoms with Crippen molar-refractivity contribution in [2.45, 2.75) is 44.2 Å². The number of aryl methyl sites for hydroxylation is 2. The summed E-state index contributed by atoms with van der Waals surface area (Å²) in [5.74, 6) is 0.204. The Balaban J connectivity index is 2.07. The number of aromatic nitrogens is 4. The van der Waals surface area contributed by atoms with E-state index < -0.39 is 10.0 Å². The second-order valence-corrected chi connectivity index (χ2v) is 8.46. The molecule has 0 radical (unpaired) electrons. The van der Waals surface area contributed by atoms with Gasteiger partial charge in [0, 0.05) is 19.8 Å². The zero-order valence-electron chi connectivity index (χ0n) is 14.3. The van der Waals surface area contributed by atoms with Gasteiger partial charge in [0.05, 0.1) is 17.9 Å². The molecule has 8 heteroatoms. The highest BCUT2D eigenvalue weighted by Crippen LogP contribution is 2.36. The first-order valence-electron chi connectivity index (χ1n) is 8.21. The predicted molar refractivity (Wildman–Crippen MR) is 89.6 cm³/mol. The van der Waals surface area contributed by atoms with Crippen molar-refractivity contribution in [2.24, 2.45) is 13.0 Å². The molecule has 1 aliphatic rings. The van der Waals surface area contributed by atoms with Crippen LogP contribution in [-0.4, -0.2) is 39.2 Å². The first-order valence-corrected chi connectivity index (χ1v) is 9.65. The molecule has 2 aromatic rings. The van der Waals surface area contributed by atoms with Crippen LogP contribution in [0.3, 0.4) is 0 Å². The molecule has 0 spiro atoms. The molecular weight excluding hydrogens is 326 g/mol. The zero-order chi connectivity index (χ0) is 17.3. The van der Waals surface area contributed by atoms with Gasteiger partial charge in [-0.15, -0.1) is 5.10 Å². The number of nitrogens with zero attached hydrogens (tertiary/aromatic N) is 5. The van der Waals surface area contributed by atoms with Crippen molar-refractivity contribution in [3.05, 3.63) is 35.8 Å². The summed E-state index contributed by atoms with van der Waals surface area (Å²) in [4.78, 5) is 4.50. The SMILES string of the molecule is CC(C)CN(C1CCCc2cccnc21)S(=O)(=O)c1cnnn1C. The van der Waals surface area contributed by atoms with Crippen LogP contribution in [0, 0.1) is 5.92 Å². The fourth-order valence-electron chi connectivity index (χ4n) is 3.25. The number of hydrogen-bond acceptors (Lipinski definition) is 5. The molecule has 130 valence electrons. The van der Waals surface area contributed by atoms with Crippen molar-refractivity contribution >= 4 is 10.0 Å². The Morgan fingerprint density at radius 2 is 2.21 bits per heavy atom. The first-order chi connectivity index (χ1) is 11.4. The molecule has 3 rings (SSSR count).